The van der Waals surface area contributed by atoms with Gasteiger partial charge in [-0.2, -0.15) is 25.8 Å². The molecule has 1 fully saturated rings. The number of amides is 1. The number of anilines is 1. The van der Waals surface area contributed by atoms with Crippen molar-refractivity contribution in [2.75, 3.05) is 11.4 Å². The monoisotopic (exact) mass is 572 g/mol. The molecular weight excluding hydrogens is 549 g/mol. The van der Waals surface area contributed by atoms with Gasteiger partial charge < -0.3 is 10.2 Å². The normalized spacial score (nSPS) is 20.7. The van der Waals surface area contributed by atoms with Gasteiger partial charge in [0.15, 0.2) is 5.82 Å². The first-order chi connectivity index (χ1) is 16.6. The van der Waals surface area contributed by atoms with E-state index in [1.54, 1.807) is 6.92 Å². The summed E-state index contributed by atoms with van der Waals surface area (Å²) in [6.45, 7) is 3.63. The number of benzene rings is 2. The lowest BCUT2D eigenvalue weighted by Crippen LogP contribution is -2.51. The Hall–Kier alpha value is -1.78. The van der Waals surface area contributed by atoms with Crippen LogP contribution in [0.25, 0.3) is 0 Å². The molecule has 0 aliphatic carbocycles. The fourth-order valence-electron chi connectivity index (χ4n) is 4.66. The van der Waals surface area contributed by atoms with Crippen LogP contribution in [0.5, 0.6) is 0 Å². The second-order valence-corrected chi connectivity index (χ2v) is 10.4. The Balaban J connectivity index is 2.11. The van der Waals surface area contributed by atoms with Crippen molar-refractivity contribution in [3.05, 3.63) is 62.6 Å². The summed E-state index contributed by atoms with van der Waals surface area (Å²) in [4.78, 5) is 13.0. The lowest BCUT2D eigenvalue weighted by atomic mass is 9.68. The summed E-state index contributed by atoms with van der Waals surface area (Å²) in [5.74, 6) is -2.81. The first kappa shape index (κ1) is 28.8. The fourth-order valence-corrected chi connectivity index (χ4v) is 5.94. The number of alkyl halides is 4. The van der Waals surface area contributed by atoms with Crippen LogP contribution < -0.4 is 10.2 Å². The van der Waals surface area contributed by atoms with E-state index >= 15 is 8.78 Å². The van der Waals surface area contributed by atoms with Crippen LogP contribution in [-0.4, -0.2) is 23.5 Å². The van der Waals surface area contributed by atoms with Crippen LogP contribution in [0.3, 0.4) is 0 Å². The van der Waals surface area contributed by atoms with Crippen LogP contribution in [0.2, 0.25) is 10.0 Å². The molecule has 2 unspecified atom stereocenters. The number of thiol groups is 1. The number of hydrogen-bond acceptors (Lipinski definition) is 3. The predicted molar refractivity (Wildman–Crippen MR) is 132 cm³/mol. The predicted octanol–water partition coefficient (Wildman–Crippen LogP) is 7.47. The van der Waals surface area contributed by atoms with Crippen molar-refractivity contribution in [3.8, 4) is 0 Å². The lowest BCUT2D eigenvalue weighted by molar-refractivity contribution is -0.138. The van der Waals surface area contributed by atoms with E-state index in [0.29, 0.717) is 0 Å². The molecule has 1 aliphatic rings. The van der Waals surface area contributed by atoms with E-state index in [4.69, 9.17) is 23.2 Å². The van der Waals surface area contributed by atoms with E-state index in [0.717, 1.165) is 12.1 Å². The second-order valence-electron chi connectivity index (χ2n) is 9.08. The van der Waals surface area contributed by atoms with Gasteiger partial charge in [-0.05, 0) is 44.0 Å². The van der Waals surface area contributed by atoms with Gasteiger partial charge in [0.1, 0.15) is 16.5 Å². The molecule has 1 amide bonds. The van der Waals surface area contributed by atoms with Gasteiger partial charge in [-0.1, -0.05) is 36.2 Å². The molecule has 36 heavy (non-hydrogen) atoms. The molecule has 0 saturated carbocycles. The lowest BCUT2D eigenvalue weighted by Gasteiger charge is -2.43. The van der Waals surface area contributed by atoms with Crippen molar-refractivity contribution in [1.29, 1.82) is 0 Å². The van der Waals surface area contributed by atoms with E-state index in [2.05, 4.69) is 17.9 Å². The number of carbonyl (C=O) groups excluding carboxylic acids is 1. The van der Waals surface area contributed by atoms with E-state index in [9.17, 15) is 22.4 Å². The summed E-state index contributed by atoms with van der Waals surface area (Å²) in [7, 11) is 0. The van der Waals surface area contributed by atoms with Crippen LogP contribution in [-0.2, 0) is 22.9 Å². The minimum absolute atomic E-state index is 0.0107. The molecule has 0 radical (unpaired) electrons. The highest BCUT2D eigenvalue weighted by Gasteiger charge is 2.58. The van der Waals surface area contributed by atoms with Crippen LogP contribution >= 0.6 is 35.8 Å². The topological polar surface area (TPSA) is 32.3 Å². The maximum absolute atomic E-state index is 15.8. The number of halogens is 8. The molecule has 1 N–H and O–H groups in total. The molecule has 3 nitrogen and oxygen atoms in total. The summed E-state index contributed by atoms with van der Waals surface area (Å²) in [6, 6.07) is 4.46. The molecule has 0 spiro atoms. The van der Waals surface area contributed by atoms with E-state index < -0.39 is 55.8 Å². The number of rotatable bonds is 6. The number of nitrogens with one attached hydrogen (secondary N) is 1. The molecule has 0 aromatic heterocycles. The van der Waals surface area contributed by atoms with Gasteiger partial charge in [0.2, 0.25) is 5.91 Å². The third-order valence-electron chi connectivity index (χ3n) is 6.65. The Labute approximate surface area is 220 Å². The Bertz CT molecular complexity index is 1170. The maximum Gasteiger partial charge on any atom is 0.416 e. The zero-order chi connectivity index (χ0) is 27.2. The SMILES string of the molecule is CCC(=O)NCc1ccc(N2CCC(c3cc(Cl)c(F)c(Cl)c3F)(C(C)(C)F)C2S)cc1C(F)(F)F. The van der Waals surface area contributed by atoms with Gasteiger partial charge in [0, 0.05) is 30.8 Å². The highest BCUT2D eigenvalue weighted by Crippen LogP contribution is 2.54. The summed E-state index contributed by atoms with van der Waals surface area (Å²) in [5.41, 5.74) is -5.29. The smallest absolute Gasteiger partial charge is 0.359 e. The standard InChI is InChI=1S/C24H24Cl2F6N2OS/c1-4-17(35)33-11-12-5-6-13(9-14(12)24(30,31)32)34-8-7-23(21(34)36,22(2,3)29)15-10-16(25)20(28)18(26)19(15)27/h5-6,9-10,21,36H,4,7-8,11H2,1-3H3,(H,33,35). The van der Waals surface area contributed by atoms with Crippen LogP contribution in [0.1, 0.15) is 50.3 Å². The van der Waals surface area contributed by atoms with Crippen molar-refractivity contribution < 1.29 is 31.1 Å². The second kappa shape index (κ2) is 10.2. The summed E-state index contributed by atoms with van der Waals surface area (Å²) >= 11 is 16.2. The van der Waals surface area contributed by atoms with Crippen LogP contribution in [0.15, 0.2) is 24.3 Å². The average Bonchev–Trinajstić information content (AvgIpc) is 3.15. The summed E-state index contributed by atoms with van der Waals surface area (Å²) < 4.78 is 86.7. The van der Waals surface area contributed by atoms with E-state index in [1.165, 1.54) is 30.9 Å². The van der Waals surface area contributed by atoms with Gasteiger partial charge in [-0.25, -0.2) is 13.2 Å². The largest absolute Gasteiger partial charge is 0.416 e. The van der Waals surface area contributed by atoms with E-state index in [-0.39, 0.29) is 42.7 Å². The van der Waals surface area contributed by atoms with E-state index in [1.807, 2.05) is 0 Å². The Morgan fingerprint density at radius 3 is 2.36 bits per heavy atom. The Kier molecular flexibility index (Phi) is 8.14. The van der Waals surface area contributed by atoms with Crippen molar-refractivity contribution in [2.45, 2.75) is 62.8 Å². The zero-order valence-electron chi connectivity index (χ0n) is 19.5. The first-order valence-electron chi connectivity index (χ1n) is 11.0. The molecule has 1 aliphatic heterocycles. The molecule has 2 aromatic carbocycles. The molecule has 12 heteroatoms. The quantitative estimate of drug-likeness (QED) is 0.163. The summed E-state index contributed by atoms with van der Waals surface area (Å²) in [6.07, 6.45) is -4.70. The van der Waals surface area contributed by atoms with Crippen molar-refractivity contribution in [2.24, 2.45) is 0 Å². The molecule has 198 valence electrons. The molecule has 1 heterocycles. The molecular formula is C24H24Cl2F6N2OS. The first-order valence-corrected chi connectivity index (χ1v) is 12.3. The van der Waals surface area contributed by atoms with Gasteiger partial charge in [0.05, 0.1) is 21.4 Å². The van der Waals surface area contributed by atoms with Gasteiger partial charge >= 0.3 is 6.18 Å². The third-order valence-corrected chi connectivity index (χ3v) is 7.98. The van der Waals surface area contributed by atoms with Gasteiger partial charge in [-0.15, -0.1) is 0 Å². The fraction of sp³-hybridized carbons (Fsp3) is 0.458. The Morgan fingerprint density at radius 1 is 1.17 bits per heavy atom. The summed E-state index contributed by atoms with van der Waals surface area (Å²) in [5, 5.41) is -0.171. The van der Waals surface area contributed by atoms with Gasteiger partial charge in [-0.3, -0.25) is 4.79 Å². The van der Waals surface area contributed by atoms with Crippen molar-refractivity contribution in [3.63, 3.8) is 0 Å². The Morgan fingerprint density at radius 2 is 1.81 bits per heavy atom. The molecule has 2 atom stereocenters. The molecule has 2 aromatic rings. The zero-order valence-corrected chi connectivity index (χ0v) is 21.9. The molecule has 3 rings (SSSR count). The minimum atomic E-state index is -4.74. The highest BCUT2D eigenvalue weighted by molar-refractivity contribution is 7.81. The minimum Gasteiger partial charge on any atom is -0.359 e. The van der Waals surface area contributed by atoms with Crippen molar-refractivity contribution in [1.82, 2.24) is 5.32 Å². The average molecular weight is 573 g/mol. The number of carbonyl (C=O) groups is 1. The number of nitrogens with zero attached hydrogens (tertiary/aromatic N) is 1. The third kappa shape index (κ3) is 5.00. The van der Waals surface area contributed by atoms with Crippen LogP contribution in [0, 0.1) is 11.6 Å². The van der Waals surface area contributed by atoms with Crippen molar-refractivity contribution >= 4 is 47.4 Å². The van der Waals surface area contributed by atoms with Crippen LogP contribution in [0.4, 0.5) is 32.0 Å². The van der Waals surface area contributed by atoms with Gasteiger partial charge in [0.25, 0.3) is 0 Å². The molecule has 1 saturated heterocycles. The highest BCUT2D eigenvalue weighted by atomic mass is 35.5. The number of hydrogen-bond donors (Lipinski definition) is 2. The molecule has 0 bridgehead atoms. The maximum atomic E-state index is 15.8.